The second-order valence-corrected chi connectivity index (χ2v) is 7.00. The zero-order chi connectivity index (χ0) is 24.7. The molecule has 1 N–H and O–H groups in total. The van der Waals surface area contributed by atoms with Crippen molar-refractivity contribution in [2.45, 2.75) is 27.7 Å². The maximum Gasteiger partial charge on any atom is 0.349 e. The molecule has 180 valence electrons. The zero-order valence-corrected chi connectivity index (χ0v) is 19.6. The van der Waals surface area contributed by atoms with E-state index >= 15 is 0 Å². The summed E-state index contributed by atoms with van der Waals surface area (Å²) in [5.41, 5.74) is -0.500. The van der Waals surface area contributed by atoms with Crippen molar-refractivity contribution < 1.29 is 33.0 Å². The number of esters is 1. The first-order valence-corrected chi connectivity index (χ1v) is 11.1. The molecule has 0 fully saturated rings. The summed E-state index contributed by atoms with van der Waals surface area (Å²) >= 11 is 0. The summed E-state index contributed by atoms with van der Waals surface area (Å²) < 4.78 is 27.7. The number of rotatable bonds is 10. The Morgan fingerprint density at radius 2 is 1.53 bits per heavy atom. The molecule has 0 bridgehead atoms. The number of hydrogen-bond donors (Lipinski definition) is 1. The quantitative estimate of drug-likeness (QED) is 0.270. The molecule has 9 nitrogen and oxygen atoms in total. The molecule has 1 aromatic heterocycles. The van der Waals surface area contributed by atoms with Crippen LogP contribution in [0.5, 0.6) is 23.0 Å². The van der Waals surface area contributed by atoms with Gasteiger partial charge in [0, 0.05) is 18.0 Å². The van der Waals surface area contributed by atoms with Crippen molar-refractivity contribution in [3.05, 3.63) is 57.9 Å². The number of hydrogen-bond acceptors (Lipinski definition) is 8. The fourth-order valence-electron chi connectivity index (χ4n) is 3.24. The van der Waals surface area contributed by atoms with Crippen LogP contribution in [0.15, 0.2) is 45.6 Å². The second-order valence-electron chi connectivity index (χ2n) is 7.00. The van der Waals surface area contributed by atoms with E-state index in [1.807, 2.05) is 20.8 Å². The van der Waals surface area contributed by atoms with Crippen molar-refractivity contribution in [1.82, 2.24) is 5.32 Å². The Morgan fingerprint density at radius 3 is 2.12 bits per heavy atom. The molecule has 0 atom stereocenters. The number of carbonyl (C=O) groups is 2. The minimum atomic E-state index is -0.781. The van der Waals surface area contributed by atoms with Gasteiger partial charge in [-0.3, -0.25) is 4.79 Å². The van der Waals surface area contributed by atoms with Gasteiger partial charge < -0.3 is 28.7 Å². The summed E-state index contributed by atoms with van der Waals surface area (Å²) in [6.45, 7) is 8.74. The molecule has 3 rings (SSSR count). The third-order valence-electron chi connectivity index (χ3n) is 4.64. The van der Waals surface area contributed by atoms with Gasteiger partial charge >= 0.3 is 11.6 Å². The monoisotopic (exact) mass is 469 g/mol. The van der Waals surface area contributed by atoms with Crippen molar-refractivity contribution >= 4 is 22.8 Å². The van der Waals surface area contributed by atoms with Crippen molar-refractivity contribution in [3.63, 3.8) is 0 Å². The zero-order valence-electron chi connectivity index (χ0n) is 19.6. The average Bonchev–Trinajstić information content (AvgIpc) is 2.80. The van der Waals surface area contributed by atoms with Gasteiger partial charge in [0.1, 0.15) is 16.9 Å². The molecule has 0 saturated heterocycles. The molecule has 2 aromatic carbocycles. The van der Waals surface area contributed by atoms with Crippen molar-refractivity contribution in [3.8, 4) is 23.0 Å². The van der Waals surface area contributed by atoms with Crippen LogP contribution in [0.2, 0.25) is 0 Å². The molecule has 0 aliphatic heterocycles. The number of ether oxygens (including phenoxy) is 4. The molecule has 0 radical (unpaired) electrons. The van der Waals surface area contributed by atoms with E-state index in [9.17, 15) is 14.4 Å². The lowest BCUT2D eigenvalue weighted by Gasteiger charge is -2.16. The van der Waals surface area contributed by atoms with E-state index in [1.165, 1.54) is 24.3 Å². The fourth-order valence-corrected chi connectivity index (χ4v) is 3.24. The maximum absolute atomic E-state index is 12.9. The number of benzene rings is 2. The standard InChI is InChI=1S/C25H27NO8/c1-5-26-23(27)18-11-15-9-10-17(14-19(15)34-25(18)29)33-24(28)16-12-20(30-6-2)22(32-8-4)21(13-16)31-7-3/h9-14H,5-8H2,1-4H3,(H,26,27). The van der Waals surface area contributed by atoms with E-state index in [4.69, 9.17) is 23.4 Å². The highest BCUT2D eigenvalue weighted by molar-refractivity contribution is 5.97. The molecule has 0 aliphatic rings. The first kappa shape index (κ1) is 24.6. The second kappa shape index (κ2) is 11.2. The first-order chi connectivity index (χ1) is 16.4. The van der Waals surface area contributed by atoms with Crippen molar-refractivity contribution in [2.75, 3.05) is 26.4 Å². The lowest BCUT2D eigenvalue weighted by molar-refractivity contribution is 0.0733. The van der Waals surface area contributed by atoms with Gasteiger partial charge in [-0.2, -0.15) is 0 Å². The Balaban J connectivity index is 1.92. The van der Waals surface area contributed by atoms with E-state index in [2.05, 4.69) is 5.32 Å². The Labute approximate surface area is 196 Å². The topological polar surface area (TPSA) is 113 Å². The Bertz CT molecular complexity index is 1220. The maximum atomic E-state index is 12.9. The van der Waals surface area contributed by atoms with Gasteiger partial charge in [-0.25, -0.2) is 9.59 Å². The largest absolute Gasteiger partial charge is 0.490 e. The summed E-state index contributed by atoms with van der Waals surface area (Å²) in [7, 11) is 0. The molecule has 3 aromatic rings. The lowest BCUT2D eigenvalue weighted by atomic mass is 10.1. The third kappa shape index (κ3) is 5.48. The average molecular weight is 469 g/mol. The lowest BCUT2D eigenvalue weighted by Crippen LogP contribution is -2.27. The molecule has 34 heavy (non-hydrogen) atoms. The molecular formula is C25H27NO8. The smallest absolute Gasteiger partial charge is 0.349 e. The predicted molar refractivity (Wildman–Crippen MR) is 125 cm³/mol. The van der Waals surface area contributed by atoms with Crippen LogP contribution in [0.25, 0.3) is 11.0 Å². The summed E-state index contributed by atoms with van der Waals surface area (Å²) in [4.78, 5) is 37.1. The van der Waals surface area contributed by atoms with Gasteiger partial charge in [0.25, 0.3) is 5.91 Å². The molecule has 0 spiro atoms. The Hall–Kier alpha value is -4.01. The van der Waals surface area contributed by atoms with Crippen LogP contribution >= 0.6 is 0 Å². The molecule has 1 heterocycles. The van der Waals surface area contributed by atoms with E-state index in [1.54, 1.807) is 19.1 Å². The van der Waals surface area contributed by atoms with Gasteiger partial charge in [-0.15, -0.1) is 0 Å². The van der Waals surface area contributed by atoms with Crippen molar-refractivity contribution in [1.29, 1.82) is 0 Å². The SMILES string of the molecule is CCNC(=O)c1cc2ccc(OC(=O)c3cc(OCC)c(OCC)c(OCC)c3)cc2oc1=O. The minimum absolute atomic E-state index is 0.0969. The summed E-state index contributed by atoms with van der Waals surface area (Å²) in [6, 6.07) is 9.05. The molecule has 9 heteroatoms. The van der Waals surface area contributed by atoms with Crippen LogP contribution in [0, 0.1) is 0 Å². The minimum Gasteiger partial charge on any atom is -0.490 e. The van der Waals surface area contributed by atoms with Crippen LogP contribution in [0.3, 0.4) is 0 Å². The van der Waals surface area contributed by atoms with Gasteiger partial charge in [0.05, 0.1) is 25.4 Å². The van der Waals surface area contributed by atoms with Gasteiger partial charge in [0.2, 0.25) is 5.75 Å². The first-order valence-electron chi connectivity index (χ1n) is 11.1. The van der Waals surface area contributed by atoms with Crippen LogP contribution in [0.4, 0.5) is 0 Å². The summed E-state index contributed by atoms with van der Waals surface area (Å²) in [6.07, 6.45) is 0. The summed E-state index contributed by atoms with van der Waals surface area (Å²) in [5.74, 6) is 0.133. The van der Waals surface area contributed by atoms with E-state index in [-0.39, 0.29) is 22.5 Å². The highest BCUT2D eigenvalue weighted by atomic mass is 16.5. The molecule has 1 amide bonds. The highest BCUT2D eigenvalue weighted by Gasteiger charge is 2.20. The fraction of sp³-hybridized carbons (Fsp3) is 0.320. The highest BCUT2D eigenvalue weighted by Crippen LogP contribution is 2.39. The van der Waals surface area contributed by atoms with Crippen LogP contribution < -0.4 is 29.9 Å². The van der Waals surface area contributed by atoms with Crippen LogP contribution in [0.1, 0.15) is 48.4 Å². The number of carbonyl (C=O) groups excluding carboxylic acids is 2. The van der Waals surface area contributed by atoms with Crippen molar-refractivity contribution in [2.24, 2.45) is 0 Å². The van der Waals surface area contributed by atoms with E-state index in [0.717, 1.165) is 0 Å². The molecule has 0 unspecified atom stereocenters. The molecule has 0 aliphatic carbocycles. The molecular weight excluding hydrogens is 442 g/mol. The van der Waals surface area contributed by atoms with Crippen LogP contribution in [-0.2, 0) is 0 Å². The van der Waals surface area contributed by atoms with Gasteiger partial charge in [-0.1, -0.05) is 0 Å². The van der Waals surface area contributed by atoms with Gasteiger partial charge in [-0.05, 0) is 58.0 Å². The molecule has 0 saturated carbocycles. The van der Waals surface area contributed by atoms with Gasteiger partial charge in [0.15, 0.2) is 11.5 Å². The van der Waals surface area contributed by atoms with E-state index < -0.39 is 17.5 Å². The number of amides is 1. The Morgan fingerprint density at radius 1 is 0.882 bits per heavy atom. The third-order valence-corrected chi connectivity index (χ3v) is 4.64. The summed E-state index contributed by atoms with van der Waals surface area (Å²) in [5, 5.41) is 3.08. The van der Waals surface area contributed by atoms with Crippen LogP contribution in [-0.4, -0.2) is 38.2 Å². The normalized spacial score (nSPS) is 10.6. The number of fused-ring (bicyclic) bond motifs is 1. The Kier molecular flexibility index (Phi) is 8.13. The van der Waals surface area contributed by atoms with E-state index in [0.29, 0.717) is 49.0 Å². The predicted octanol–water partition coefficient (Wildman–Crippen LogP) is 3.96. The number of nitrogens with one attached hydrogen (secondary N) is 1.